The van der Waals surface area contributed by atoms with Crippen molar-refractivity contribution in [3.8, 4) is 0 Å². The number of allylic oxidation sites excluding steroid dienone is 1. The van der Waals surface area contributed by atoms with E-state index in [2.05, 4.69) is 5.73 Å². The predicted octanol–water partition coefficient (Wildman–Crippen LogP) is 1.87. The molecular formula is C9H15O3P. The Morgan fingerprint density at radius 3 is 2.38 bits per heavy atom. The average Bonchev–Trinajstić information content (AvgIpc) is 2.08. The van der Waals surface area contributed by atoms with Crippen LogP contribution in [0.25, 0.3) is 0 Å². The zero-order valence-electron chi connectivity index (χ0n) is 8.24. The van der Waals surface area contributed by atoms with Crippen molar-refractivity contribution in [2.24, 2.45) is 5.41 Å². The lowest BCUT2D eigenvalue weighted by Crippen LogP contribution is -2.34. The third-order valence-corrected chi connectivity index (χ3v) is 3.11. The van der Waals surface area contributed by atoms with Crippen LogP contribution in [0.5, 0.6) is 0 Å². The van der Waals surface area contributed by atoms with E-state index in [0.717, 1.165) is 0 Å². The summed E-state index contributed by atoms with van der Waals surface area (Å²) in [6.07, 6.45) is 1.67. The summed E-state index contributed by atoms with van der Waals surface area (Å²) in [5.74, 6) is 1.38. The van der Waals surface area contributed by atoms with Crippen LogP contribution >= 0.6 is 7.94 Å². The minimum atomic E-state index is -2.98. The minimum Gasteiger partial charge on any atom is -0.627 e. The molecule has 3 nitrogen and oxygen atoms in total. The molecule has 0 aromatic heterocycles. The first-order chi connectivity index (χ1) is 5.97. The number of rotatable bonds is 1. The number of hydrogen-bond acceptors (Lipinski definition) is 3. The van der Waals surface area contributed by atoms with E-state index in [-0.39, 0.29) is 5.41 Å². The molecule has 0 aliphatic carbocycles. The van der Waals surface area contributed by atoms with Gasteiger partial charge in [0.1, 0.15) is 13.2 Å². The predicted molar refractivity (Wildman–Crippen MR) is 50.9 cm³/mol. The summed E-state index contributed by atoms with van der Waals surface area (Å²) < 4.78 is 10.4. The molecule has 0 amide bonds. The van der Waals surface area contributed by atoms with Crippen molar-refractivity contribution in [1.82, 2.24) is 0 Å². The first-order valence-electron chi connectivity index (χ1n) is 4.25. The van der Waals surface area contributed by atoms with Gasteiger partial charge in [-0.15, -0.1) is 0 Å². The van der Waals surface area contributed by atoms with E-state index >= 15 is 0 Å². The van der Waals surface area contributed by atoms with Gasteiger partial charge in [0.2, 0.25) is 0 Å². The van der Waals surface area contributed by atoms with Gasteiger partial charge >= 0.3 is 0 Å². The highest BCUT2D eigenvalue weighted by atomic mass is 31.2. The molecule has 0 saturated carbocycles. The summed E-state index contributed by atoms with van der Waals surface area (Å²) >= 11 is 0. The number of hydrogen-bond donors (Lipinski definition) is 0. The Bertz CT molecular complexity index is 231. The molecule has 1 saturated heterocycles. The van der Waals surface area contributed by atoms with Crippen molar-refractivity contribution in [3.63, 3.8) is 0 Å². The Labute approximate surface area is 79.6 Å². The maximum Gasteiger partial charge on any atom is 0.271 e. The molecule has 4 heteroatoms. The normalized spacial score (nSPS) is 24.6. The summed E-state index contributed by atoms with van der Waals surface area (Å²) in [4.78, 5) is 11.7. The van der Waals surface area contributed by atoms with Crippen LogP contribution in [0, 0.1) is 5.41 Å². The largest absolute Gasteiger partial charge is 0.627 e. The second kappa shape index (κ2) is 3.91. The SMILES string of the molecule is CC=C=C[P+]1([O-])OCC(C)(C)CO1. The summed E-state index contributed by atoms with van der Waals surface area (Å²) in [7, 11) is -2.98. The molecule has 13 heavy (non-hydrogen) atoms. The Morgan fingerprint density at radius 2 is 1.92 bits per heavy atom. The quantitative estimate of drug-likeness (QED) is 0.481. The highest BCUT2D eigenvalue weighted by molar-refractivity contribution is 7.62. The van der Waals surface area contributed by atoms with Crippen LogP contribution in [0.2, 0.25) is 0 Å². The third-order valence-electron chi connectivity index (χ3n) is 1.67. The monoisotopic (exact) mass is 202 g/mol. The topological polar surface area (TPSA) is 41.5 Å². The molecule has 1 aliphatic rings. The molecule has 0 aromatic carbocycles. The summed E-state index contributed by atoms with van der Waals surface area (Å²) in [6.45, 7) is 6.75. The van der Waals surface area contributed by atoms with Gasteiger partial charge in [-0.3, -0.25) is 0 Å². The van der Waals surface area contributed by atoms with Gasteiger partial charge in [0.05, 0.1) is 0 Å². The van der Waals surface area contributed by atoms with Crippen LogP contribution < -0.4 is 4.89 Å². The van der Waals surface area contributed by atoms with Crippen LogP contribution in [0.4, 0.5) is 0 Å². The molecule has 1 heterocycles. The highest BCUT2D eigenvalue weighted by Crippen LogP contribution is 2.58. The lowest BCUT2D eigenvalue weighted by molar-refractivity contribution is -0.228. The van der Waals surface area contributed by atoms with Crippen molar-refractivity contribution < 1.29 is 13.9 Å². The van der Waals surface area contributed by atoms with Crippen LogP contribution in [-0.4, -0.2) is 13.2 Å². The maximum atomic E-state index is 11.7. The van der Waals surface area contributed by atoms with E-state index in [1.165, 1.54) is 5.82 Å². The van der Waals surface area contributed by atoms with Crippen LogP contribution in [0.3, 0.4) is 0 Å². The van der Waals surface area contributed by atoms with Crippen molar-refractivity contribution in [2.45, 2.75) is 20.8 Å². The second-order valence-corrected chi connectivity index (χ2v) is 5.69. The van der Waals surface area contributed by atoms with E-state index in [4.69, 9.17) is 9.05 Å². The zero-order chi connectivity index (χ0) is 9.95. The Morgan fingerprint density at radius 1 is 1.38 bits per heavy atom. The molecule has 1 fully saturated rings. The van der Waals surface area contributed by atoms with Gasteiger partial charge in [-0.05, 0) is 13.0 Å². The average molecular weight is 202 g/mol. The first kappa shape index (κ1) is 10.9. The van der Waals surface area contributed by atoms with Crippen LogP contribution in [0.1, 0.15) is 20.8 Å². The third kappa shape index (κ3) is 3.22. The molecule has 0 radical (unpaired) electrons. The molecule has 1 rings (SSSR count). The van der Waals surface area contributed by atoms with Crippen LogP contribution in [-0.2, 0) is 9.05 Å². The molecule has 1 aliphatic heterocycles. The summed E-state index contributed by atoms with van der Waals surface area (Å²) in [5, 5.41) is 0. The molecule has 0 aromatic rings. The smallest absolute Gasteiger partial charge is 0.271 e. The molecule has 0 N–H and O–H groups in total. The maximum absolute atomic E-state index is 11.7. The van der Waals surface area contributed by atoms with E-state index in [1.807, 2.05) is 13.8 Å². The zero-order valence-corrected chi connectivity index (χ0v) is 9.14. The molecule has 74 valence electrons. The van der Waals surface area contributed by atoms with E-state index in [9.17, 15) is 4.89 Å². The molecular weight excluding hydrogens is 187 g/mol. The summed E-state index contributed by atoms with van der Waals surface area (Å²) in [5.41, 5.74) is 2.68. The van der Waals surface area contributed by atoms with Gasteiger partial charge in [-0.2, -0.15) is 0 Å². The Balaban J connectivity index is 2.62. The Kier molecular flexibility index (Phi) is 3.28. The fourth-order valence-electron chi connectivity index (χ4n) is 0.849. The van der Waals surface area contributed by atoms with Gasteiger partial charge in [-0.25, -0.2) is 9.05 Å². The van der Waals surface area contributed by atoms with Crippen molar-refractivity contribution in [3.05, 3.63) is 17.6 Å². The molecule has 0 bridgehead atoms. The van der Waals surface area contributed by atoms with Gasteiger partial charge in [0.15, 0.2) is 5.82 Å². The van der Waals surface area contributed by atoms with E-state index < -0.39 is 7.94 Å². The van der Waals surface area contributed by atoms with E-state index in [0.29, 0.717) is 13.2 Å². The first-order valence-corrected chi connectivity index (χ1v) is 5.86. The molecule has 0 unspecified atom stereocenters. The van der Waals surface area contributed by atoms with Gasteiger partial charge in [0, 0.05) is 5.41 Å². The van der Waals surface area contributed by atoms with Crippen molar-refractivity contribution in [1.29, 1.82) is 0 Å². The summed E-state index contributed by atoms with van der Waals surface area (Å²) in [6, 6.07) is 0. The second-order valence-electron chi connectivity index (χ2n) is 3.84. The molecule has 0 atom stereocenters. The van der Waals surface area contributed by atoms with Crippen molar-refractivity contribution in [2.75, 3.05) is 13.2 Å². The van der Waals surface area contributed by atoms with Crippen molar-refractivity contribution >= 4 is 7.94 Å². The van der Waals surface area contributed by atoms with Crippen LogP contribution in [0.15, 0.2) is 17.6 Å². The fourth-order valence-corrected chi connectivity index (χ4v) is 2.46. The van der Waals surface area contributed by atoms with E-state index in [1.54, 1.807) is 13.0 Å². The lowest BCUT2D eigenvalue weighted by Gasteiger charge is -2.35. The fraction of sp³-hybridized carbons (Fsp3) is 0.667. The van der Waals surface area contributed by atoms with Gasteiger partial charge < -0.3 is 4.89 Å². The Hall–Kier alpha value is -0.170. The van der Waals surface area contributed by atoms with Gasteiger partial charge in [-0.1, -0.05) is 19.6 Å². The highest BCUT2D eigenvalue weighted by Gasteiger charge is 2.39. The molecule has 0 spiro atoms. The van der Waals surface area contributed by atoms with Gasteiger partial charge in [0.25, 0.3) is 7.94 Å². The standard InChI is InChI=1S/C9H15O3P/c1-4-5-6-13(10)11-7-9(2,3)8-12-13/h4,6H,7-8H2,1-3H3. The minimum absolute atomic E-state index is 0.0440. The lowest BCUT2D eigenvalue weighted by atomic mass is 9.97.